The van der Waals surface area contributed by atoms with Crippen LogP contribution in [-0.2, 0) is 14.2 Å². The first-order valence-corrected chi connectivity index (χ1v) is 7.18. The highest BCUT2D eigenvalue weighted by Crippen LogP contribution is 2.30. The summed E-state index contributed by atoms with van der Waals surface area (Å²) in [4.78, 5) is 0. The highest BCUT2D eigenvalue weighted by atomic mass is 127. The van der Waals surface area contributed by atoms with Crippen molar-refractivity contribution in [1.82, 2.24) is 0 Å². The van der Waals surface area contributed by atoms with Crippen LogP contribution in [0.15, 0.2) is 0 Å². The molecule has 0 N–H and O–H groups in total. The summed E-state index contributed by atoms with van der Waals surface area (Å²) in [5, 5.41) is 0. The van der Waals surface area contributed by atoms with Gasteiger partial charge in [0.05, 0.1) is 13.2 Å². The maximum Gasteiger partial charge on any atom is 0.169 e. The molecule has 1 saturated heterocycles. The van der Waals surface area contributed by atoms with E-state index in [9.17, 15) is 0 Å². The minimum absolute atomic E-state index is 0.256. The first kappa shape index (κ1) is 13.7. The first-order chi connectivity index (χ1) is 7.33. The summed E-state index contributed by atoms with van der Waals surface area (Å²) in [6.07, 6.45) is 5.54. The molecule has 0 aliphatic carbocycles. The predicted octanol–water partition coefficient (Wildman–Crippen LogP) is 2.76. The highest BCUT2D eigenvalue weighted by molar-refractivity contribution is 14.1. The van der Waals surface area contributed by atoms with Crippen molar-refractivity contribution in [2.24, 2.45) is 0 Å². The fourth-order valence-electron chi connectivity index (χ4n) is 1.87. The second kappa shape index (κ2) is 7.81. The van der Waals surface area contributed by atoms with E-state index in [0.29, 0.717) is 0 Å². The highest BCUT2D eigenvalue weighted by Gasteiger charge is 2.34. The van der Waals surface area contributed by atoms with Crippen molar-refractivity contribution in [3.63, 3.8) is 0 Å². The number of ether oxygens (including phenoxy) is 3. The van der Waals surface area contributed by atoms with Gasteiger partial charge >= 0.3 is 0 Å². The third-order valence-corrected chi connectivity index (χ3v) is 3.23. The Morgan fingerprint density at radius 3 is 2.47 bits per heavy atom. The van der Waals surface area contributed by atoms with Gasteiger partial charge in [-0.25, -0.2) is 0 Å². The van der Waals surface area contributed by atoms with Crippen molar-refractivity contribution in [3.05, 3.63) is 0 Å². The molecule has 0 aromatic rings. The second-order valence-corrected chi connectivity index (χ2v) is 4.93. The van der Waals surface area contributed by atoms with E-state index in [0.717, 1.165) is 43.5 Å². The van der Waals surface area contributed by atoms with Gasteiger partial charge in [-0.2, -0.15) is 0 Å². The van der Waals surface area contributed by atoms with Crippen LogP contribution < -0.4 is 0 Å². The van der Waals surface area contributed by atoms with Gasteiger partial charge < -0.3 is 14.2 Å². The molecule has 90 valence electrons. The molecular formula is C11H21IO3. The zero-order valence-corrected chi connectivity index (χ0v) is 11.6. The fraction of sp³-hybridized carbons (Fsp3) is 1.00. The van der Waals surface area contributed by atoms with E-state index in [1.807, 2.05) is 0 Å². The number of hydrogen-bond donors (Lipinski definition) is 0. The Kier molecular flexibility index (Phi) is 7.12. The predicted molar refractivity (Wildman–Crippen MR) is 68.5 cm³/mol. The van der Waals surface area contributed by atoms with Gasteiger partial charge in [-0.05, 0) is 12.8 Å². The zero-order chi connectivity index (χ0) is 11.0. The lowest BCUT2D eigenvalue weighted by molar-refractivity contribution is -0.163. The Balaban J connectivity index is 2.14. The largest absolute Gasteiger partial charge is 0.385 e. The molecule has 1 heterocycles. The Morgan fingerprint density at radius 2 is 1.87 bits per heavy atom. The first-order valence-electron chi connectivity index (χ1n) is 5.66. The molecule has 1 fully saturated rings. The number of methoxy groups -OCH3 is 1. The summed E-state index contributed by atoms with van der Waals surface area (Å²) >= 11 is 2.38. The number of alkyl halides is 1. The average Bonchev–Trinajstić information content (AvgIpc) is 2.67. The van der Waals surface area contributed by atoms with Gasteiger partial charge in [-0.15, -0.1) is 0 Å². The summed E-state index contributed by atoms with van der Waals surface area (Å²) < 4.78 is 17.6. The zero-order valence-electron chi connectivity index (χ0n) is 9.47. The Labute approximate surface area is 106 Å². The van der Waals surface area contributed by atoms with E-state index < -0.39 is 0 Å². The molecule has 0 aromatic heterocycles. The van der Waals surface area contributed by atoms with Crippen LogP contribution >= 0.6 is 22.6 Å². The van der Waals surface area contributed by atoms with Crippen molar-refractivity contribution >= 4 is 22.6 Å². The topological polar surface area (TPSA) is 27.7 Å². The second-order valence-electron chi connectivity index (χ2n) is 3.85. The molecule has 0 bridgehead atoms. The van der Waals surface area contributed by atoms with E-state index in [1.54, 1.807) is 7.11 Å². The number of halogens is 1. The Bertz CT molecular complexity index is 158. The number of unbranched alkanes of at least 4 members (excludes halogenated alkanes) is 2. The smallest absolute Gasteiger partial charge is 0.169 e. The maximum absolute atomic E-state index is 5.73. The summed E-state index contributed by atoms with van der Waals surface area (Å²) in [6, 6.07) is 0. The van der Waals surface area contributed by atoms with Gasteiger partial charge in [0.25, 0.3) is 0 Å². The molecule has 0 saturated carbocycles. The van der Waals surface area contributed by atoms with Crippen LogP contribution in [0.4, 0.5) is 0 Å². The summed E-state index contributed by atoms with van der Waals surface area (Å²) in [5.74, 6) is -0.256. The van der Waals surface area contributed by atoms with Crippen LogP contribution in [0, 0.1) is 0 Å². The van der Waals surface area contributed by atoms with Crippen LogP contribution in [0.5, 0.6) is 0 Å². The fourth-order valence-corrected chi connectivity index (χ4v) is 2.69. The van der Waals surface area contributed by atoms with Crippen molar-refractivity contribution in [2.75, 3.05) is 31.4 Å². The molecule has 0 unspecified atom stereocenters. The van der Waals surface area contributed by atoms with E-state index in [4.69, 9.17) is 14.2 Å². The lowest BCUT2D eigenvalue weighted by atomic mass is 10.1. The summed E-state index contributed by atoms with van der Waals surface area (Å²) in [6.45, 7) is 2.38. The number of rotatable bonds is 8. The minimum Gasteiger partial charge on any atom is -0.385 e. The monoisotopic (exact) mass is 328 g/mol. The van der Waals surface area contributed by atoms with Gasteiger partial charge in [-0.3, -0.25) is 0 Å². The molecule has 1 rings (SSSR count). The molecular weight excluding hydrogens is 307 g/mol. The van der Waals surface area contributed by atoms with E-state index in [1.165, 1.54) is 12.8 Å². The molecule has 4 heteroatoms. The van der Waals surface area contributed by atoms with Crippen LogP contribution in [0.25, 0.3) is 0 Å². The van der Waals surface area contributed by atoms with Crippen LogP contribution in [0.3, 0.4) is 0 Å². The van der Waals surface area contributed by atoms with Crippen molar-refractivity contribution < 1.29 is 14.2 Å². The third kappa shape index (κ3) is 4.97. The molecule has 15 heavy (non-hydrogen) atoms. The summed E-state index contributed by atoms with van der Waals surface area (Å²) in [5.41, 5.74) is 0. The Hall–Kier alpha value is 0.610. The average molecular weight is 328 g/mol. The van der Waals surface area contributed by atoms with Crippen LogP contribution in [0.2, 0.25) is 0 Å². The standard InChI is InChI=1S/C11H21IO3/c1-13-8-4-2-3-5-11(6-7-12)14-9-10-15-11/h2-10H2,1H3. The van der Waals surface area contributed by atoms with Gasteiger partial charge in [0, 0.05) is 31.0 Å². The molecule has 1 aliphatic heterocycles. The molecule has 1 aliphatic rings. The molecule has 0 radical (unpaired) electrons. The van der Waals surface area contributed by atoms with Gasteiger partial charge in [0.15, 0.2) is 5.79 Å². The molecule has 0 atom stereocenters. The maximum atomic E-state index is 5.73. The molecule has 3 nitrogen and oxygen atoms in total. The third-order valence-electron chi connectivity index (χ3n) is 2.70. The van der Waals surface area contributed by atoms with Crippen molar-refractivity contribution in [1.29, 1.82) is 0 Å². The van der Waals surface area contributed by atoms with E-state index in [2.05, 4.69) is 22.6 Å². The van der Waals surface area contributed by atoms with Gasteiger partial charge in [-0.1, -0.05) is 29.0 Å². The summed E-state index contributed by atoms with van der Waals surface area (Å²) in [7, 11) is 1.75. The quantitative estimate of drug-likeness (QED) is 0.390. The SMILES string of the molecule is COCCCCCC1(CCI)OCCO1. The molecule has 0 spiro atoms. The molecule has 0 aromatic carbocycles. The lowest BCUT2D eigenvalue weighted by Gasteiger charge is -2.26. The minimum atomic E-state index is -0.256. The van der Waals surface area contributed by atoms with Crippen LogP contribution in [0.1, 0.15) is 32.1 Å². The number of hydrogen-bond acceptors (Lipinski definition) is 3. The van der Waals surface area contributed by atoms with E-state index >= 15 is 0 Å². The van der Waals surface area contributed by atoms with E-state index in [-0.39, 0.29) is 5.79 Å². The normalized spacial score (nSPS) is 19.6. The lowest BCUT2D eigenvalue weighted by Crippen LogP contribution is -2.30. The Morgan fingerprint density at radius 1 is 1.13 bits per heavy atom. The van der Waals surface area contributed by atoms with Crippen molar-refractivity contribution in [2.45, 2.75) is 37.9 Å². The van der Waals surface area contributed by atoms with Gasteiger partial charge in [0.2, 0.25) is 0 Å². The molecule has 0 amide bonds. The van der Waals surface area contributed by atoms with Gasteiger partial charge in [0.1, 0.15) is 0 Å². The van der Waals surface area contributed by atoms with Crippen molar-refractivity contribution in [3.8, 4) is 0 Å². The van der Waals surface area contributed by atoms with Crippen LogP contribution in [-0.4, -0.2) is 37.1 Å².